The summed E-state index contributed by atoms with van der Waals surface area (Å²) in [6.07, 6.45) is -0.637. The molecule has 6 heteroatoms. The molecule has 5 nitrogen and oxygen atoms in total. The average Bonchev–Trinajstić information content (AvgIpc) is 2.78. The first kappa shape index (κ1) is 15.5. The van der Waals surface area contributed by atoms with Crippen LogP contribution < -0.4 is 10.1 Å². The number of halogens is 1. The zero-order chi connectivity index (χ0) is 15.2. The van der Waals surface area contributed by atoms with E-state index in [2.05, 4.69) is 15.5 Å². The quantitative estimate of drug-likeness (QED) is 0.726. The van der Waals surface area contributed by atoms with Gasteiger partial charge in [0.25, 0.3) is 0 Å². The van der Waals surface area contributed by atoms with Crippen LogP contribution in [0.1, 0.15) is 17.0 Å². The summed E-state index contributed by atoms with van der Waals surface area (Å²) in [6, 6.07) is 5.72. The molecule has 1 heterocycles. The van der Waals surface area contributed by atoms with Crippen molar-refractivity contribution in [3.05, 3.63) is 47.0 Å². The van der Waals surface area contributed by atoms with Crippen molar-refractivity contribution in [2.24, 2.45) is 0 Å². The molecule has 0 aliphatic rings. The van der Waals surface area contributed by atoms with Crippen LogP contribution in [0.5, 0.6) is 5.75 Å². The molecular weight excluding hydrogens is 273 g/mol. The molecule has 0 radical (unpaired) electrons. The first-order valence-corrected chi connectivity index (χ1v) is 6.84. The van der Waals surface area contributed by atoms with Crippen molar-refractivity contribution in [3.8, 4) is 5.75 Å². The lowest BCUT2D eigenvalue weighted by atomic mass is 10.2. The molecule has 1 aromatic heterocycles. The summed E-state index contributed by atoms with van der Waals surface area (Å²) in [7, 11) is 0. The van der Waals surface area contributed by atoms with Crippen LogP contribution in [0.3, 0.4) is 0 Å². The van der Waals surface area contributed by atoms with Crippen LogP contribution in [-0.4, -0.2) is 34.6 Å². The highest BCUT2D eigenvalue weighted by atomic mass is 19.1. The van der Waals surface area contributed by atoms with Crippen molar-refractivity contribution in [2.45, 2.75) is 26.5 Å². The number of hydrogen-bond acceptors (Lipinski definition) is 4. The first-order valence-electron chi connectivity index (χ1n) is 6.84. The summed E-state index contributed by atoms with van der Waals surface area (Å²) in [5.74, 6) is 0.229. The van der Waals surface area contributed by atoms with Gasteiger partial charge in [-0.1, -0.05) is 0 Å². The number of benzene rings is 1. The number of nitrogens with zero attached hydrogens (tertiary/aromatic N) is 1. The zero-order valence-electron chi connectivity index (χ0n) is 12.2. The first-order chi connectivity index (χ1) is 10.1. The lowest BCUT2D eigenvalue weighted by Gasteiger charge is -2.13. The molecule has 0 bridgehead atoms. The molecule has 0 fully saturated rings. The molecule has 1 aromatic carbocycles. The number of aromatic amines is 1. The Morgan fingerprint density at radius 3 is 2.67 bits per heavy atom. The second-order valence-electron chi connectivity index (χ2n) is 4.96. The van der Waals surface area contributed by atoms with Crippen molar-refractivity contribution < 1.29 is 14.2 Å². The van der Waals surface area contributed by atoms with E-state index in [1.807, 2.05) is 13.8 Å². The number of hydrogen-bond donors (Lipinski definition) is 3. The number of H-pyrrole nitrogens is 1. The van der Waals surface area contributed by atoms with Crippen molar-refractivity contribution in [2.75, 3.05) is 13.2 Å². The van der Waals surface area contributed by atoms with Crippen LogP contribution in [0.2, 0.25) is 0 Å². The van der Waals surface area contributed by atoms with Gasteiger partial charge in [-0.3, -0.25) is 5.10 Å². The molecule has 0 saturated carbocycles. The number of aliphatic hydroxyl groups excluding tert-OH is 1. The Morgan fingerprint density at radius 2 is 2.05 bits per heavy atom. The minimum atomic E-state index is -0.637. The molecule has 3 N–H and O–H groups in total. The fraction of sp³-hybridized carbons (Fsp3) is 0.400. The molecule has 0 spiro atoms. The maximum absolute atomic E-state index is 12.7. The van der Waals surface area contributed by atoms with Gasteiger partial charge in [0.2, 0.25) is 0 Å². The Hall–Kier alpha value is -1.92. The summed E-state index contributed by atoms with van der Waals surface area (Å²) in [5, 5.41) is 20.0. The van der Waals surface area contributed by atoms with Gasteiger partial charge in [0, 0.05) is 24.3 Å². The molecule has 21 heavy (non-hydrogen) atoms. The van der Waals surface area contributed by atoms with Crippen LogP contribution in [0, 0.1) is 19.7 Å². The van der Waals surface area contributed by atoms with Gasteiger partial charge in [-0.25, -0.2) is 4.39 Å². The topological polar surface area (TPSA) is 70.2 Å². The number of aryl methyl sites for hydroxylation is 2. The Morgan fingerprint density at radius 1 is 1.33 bits per heavy atom. The third-order valence-electron chi connectivity index (χ3n) is 3.22. The van der Waals surface area contributed by atoms with Crippen LogP contribution in [-0.2, 0) is 6.54 Å². The van der Waals surface area contributed by atoms with E-state index in [4.69, 9.17) is 4.74 Å². The maximum Gasteiger partial charge on any atom is 0.123 e. The second-order valence-corrected chi connectivity index (χ2v) is 4.96. The van der Waals surface area contributed by atoms with E-state index in [0.717, 1.165) is 17.0 Å². The van der Waals surface area contributed by atoms with E-state index >= 15 is 0 Å². The normalized spacial score (nSPS) is 12.4. The summed E-state index contributed by atoms with van der Waals surface area (Å²) in [4.78, 5) is 0. The molecule has 0 unspecified atom stereocenters. The fourth-order valence-electron chi connectivity index (χ4n) is 1.98. The third-order valence-corrected chi connectivity index (χ3v) is 3.22. The van der Waals surface area contributed by atoms with Gasteiger partial charge in [0.05, 0.1) is 5.69 Å². The average molecular weight is 293 g/mol. The van der Waals surface area contributed by atoms with E-state index in [-0.39, 0.29) is 12.4 Å². The molecule has 0 aliphatic heterocycles. The zero-order valence-corrected chi connectivity index (χ0v) is 12.2. The summed E-state index contributed by atoms with van der Waals surface area (Å²) in [5.41, 5.74) is 3.09. The summed E-state index contributed by atoms with van der Waals surface area (Å²) < 4.78 is 18.1. The van der Waals surface area contributed by atoms with E-state index in [1.165, 1.54) is 24.3 Å². The standard InChI is InChI=1S/C15H20FN3O2/c1-10-15(11(2)19-18-10)8-17-7-13(20)9-21-14-5-3-12(16)4-6-14/h3-6,13,17,20H,7-9H2,1-2H3,(H,18,19)/t13-/m1/s1. The Labute approximate surface area is 123 Å². The molecule has 2 aromatic rings. The summed E-state index contributed by atoms with van der Waals surface area (Å²) >= 11 is 0. The Balaban J connectivity index is 1.70. The van der Waals surface area contributed by atoms with E-state index in [0.29, 0.717) is 18.8 Å². The molecule has 2 rings (SSSR count). The third kappa shape index (κ3) is 4.54. The van der Waals surface area contributed by atoms with Gasteiger partial charge in [0.1, 0.15) is 24.3 Å². The minimum Gasteiger partial charge on any atom is -0.491 e. The largest absolute Gasteiger partial charge is 0.491 e. The van der Waals surface area contributed by atoms with Gasteiger partial charge >= 0.3 is 0 Å². The minimum absolute atomic E-state index is 0.155. The Kier molecular flexibility index (Phi) is 5.30. The number of aliphatic hydroxyl groups is 1. The van der Waals surface area contributed by atoms with Crippen LogP contribution in [0.15, 0.2) is 24.3 Å². The van der Waals surface area contributed by atoms with Gasteiger partial charge in [-0.2, -0.15) is 5.10 Å². The van der Waals surface area contributed by atoms with E-state index < -0.39 is 6.10 Å². The van der Waals surface area contributed by atoms with Gasteiger partial charge < -0.3 is 15.2 Å². The SMILES string of the molecule is Cc1n[nH]c(C)c1CNC[C@@H](O)COc1ccc(F)cc1. The molecule has 114 valence electrons. The molecular formula is C15H20FN3O2. The van der Waals surface area contributed by atoms with Crippen molar-refractivity contribution in [1.29, 1.82) is 0 Å². The van der Waals surface area contributed by atoms with Crippen molar-refractivity contribution in [1.82, 2.24) is 15.5 Å². The molecule has 0 saturated heterocycles. The monoisotopic (exact) mass is 293 g/mol. The highest BCUT2D eigenvalue weighted by Crippen LogP contribution is 2.11. The van der Waals surface area contributed by atoms with Gasteiger partial charge in [-0.05, 0) is 38.1 Å². The Bertz CT molecular complexity index is 549. The molecule has 1 atom stereocenters. The van der Waals surface area contributed by atoms with Crippen molar-refractivity contribution >= 4 is 0 Å². The summed E-state index contributed by atoms with van der Waals surface area (Å²) in [6.45, 7) is 5.11. The number of rotatable bonds is 7. The molecule has 0 amide bonds. The van der Waals surface area contributed by atoms with Gasteiger partial charge in [-0.15, -0.1) is 0 Å². The van der Waals surface area contributed by atoms with E-state index in [9.17, 15) is 9.50 Å². The predicted octanol–water partition coefficient (Wildman–Crippen LogP) is 1.70. The lowest BCUT2D eigenvalue weighted by Crippen LogP contribution is -2.31. The predicted molar refractivity (Wildman–Crippen MR) is 77.7 cm³/mol. The highest BCUT2D eigenvalue weighted by molar-refractivity contribution is 5.23. The highest BCUT2D eigenvalue weighted by Gasteiger charge is 2.08. The smallest absolute Gasteiger partial charge is 0.123 e. The fourth-order valence-corrected chi connectivity index (χ4v) is 1.98. The van der Waals surface area contributed by atoms with Crippen LogP contribution >= 0.6 is 0 Å². The second kappa shape index (κ2) is 7.19. The number of nitrogens with one attached hydrogen (secondary N) is 2. The van der Waals surface area contributed by atoms with Crippen LogP contribution in [0.25, 0.3) is 0 Å². The number of aromatic nitrogens is 2. The number of ether oxygens (including phenoxy) is 1. The van der Waals surface area contributed by atoms with E-state index in [1.54, 1.807) is 0 Å². The molecule has 0 aliphatic carbocycles. The maximum atomic E-state index is 12.7. The van der Waals surface area contributed by atoms with Crippen LogP contribution in [0.4, 0.5) is 4.39 Å². The van der Waals surface area contributed by atoms with Gasteiger partial charge in [0.15, 0.2) is 0 Å². The van der Waals surface area contributed by atoms with Crippen molar-refractivity contribution in [3.63, 3.8) is 0 Å². The lowest BCUT2D eigenvalue weighted by molar-refractivity contribution is 0.106.